The molecule has 0 unspecified atom stereocenters. The summed E-state index contributed by atoms with van der Waals surface area (Å²) in [5.74, 6) is -0.368. The van der Waals surface area contributed by atoms with E-state index in [0.717, 1.165) is 32.8 Å². The molecule has 1 amide bonds. The Kier molecular flexibility index (Phi) is 8.79. The number of morpholine rings is 1. The number of rotatable bonds is 6. The molecule has 0 spiro atoms. The van der Waals surface area contributed by atoms with Gasteiger partial charge >= 0.3 is 0 Å². The third-order valence-electron chi connectivity index (χ3n) is 4.62. The Labute approximate surface area is 179 Å². The molecule has 3 rings (SSSR count). The molecule has 152 valence electrons. The van der Waals surface area contributed by atoms with Gasteiger partial charge in [0.1, 0.15) is 18.7 Å². The summed E-state index contributed by atoms with van der Waals surface area (Å²) >= 11 is 12.4. The largest absolute Gasteiger partial charge is 1.00 e. The van der Waals surface area contributed by atoms with Gasteiger partial charge in [0.05, 0.1) is 32.8 Å². The van der Waals surface area contributed by atoms with Crippen LogP contribution < -0.4 is 28.2 Å². The van der Waals surface area contributed by atoms with Gasteiger partial charge in [-0.1, -0.05) is 29.3 Å². The fraction of sp³-hybridized carbons (Fsp3) is 0.368. The normalized spacial score (nSPS) is 14.4. The van der Waals surface area contributed by atoms with Crippen LogP contribution in [0.4, 0.5) is 0 Å². The van der Waals surface area contributed by atoms with Crippen LogP contribution in [0.1, 0.15) is 15.9 Å². The highest BCUT2D eigenvalue weighted by Gasteiger charge is 2.16. The van der Waals surface area contributed by atoms with E-state index in [9.17, 15) is 9.59 Å². The molecule has 1 aliphatic rings. The van der Waals surface area contributed by atoms with Gasteiger partial charge in [0, 0.05) is 21.8 Å². The molecule has 0 aliphatic carbocycles. The minimum Gasteiger partial charge on any atom is -1.00 e. The predicted molar refractivity (Wildman–Crippen MR) is 105 cm³/mol. The third kappa shape index (κ3) is 5.72. The molecule has 2 N–H and O–H groups in total. The molecule has 1 aromatic carbocycles. The Morgan fingerprint density at radius 3 is 2.50 bits per heavy atom. The Hall–Kier alpha value is -1.57. The average molecular weight is 447 g/mol. The van der Waals surface area contributed by atoms with Crippen molar-refractivity contribution in [2.75, 3.05) is 39.4 Å². The Morgan fingerprint density at radius 2 is 1.82 bits per heavy atom. The van der Waals surface area contributed by atoms with Crippen LogP contribution in [0, 0.1) is 0 Å². The van der Waals surface area contributed by atoms with Gasteiger partial charge in [-0.05, 0) is 24.3 Å². The van der Waals surface area contributed by atoms with Crippen molar-refractivity contribution in [3.63, 3.8) is 0 Å². The molecular formula is C19H22Cl3N3O3. The number of ether oxygens (including phenoxy) is 1. The molecule has 0 radical (unpaired) electrons. The molecule has 9 heteroatoms. The quantitative estimate of drug-likeness (QED) is 0.532. The molecule has 0 atom stereocenters. The van der Waals surface area contributed by atoms with E-state index < -0.39 is 0 Å². The third-order valence-corrected chi connectivity index (χ3v) is 5.33. The van der Waals surface area contributed by atoms with Crippen LogP contribution in [0.2, 0.25) is 10.0 Å². The van der Waals surface area contributed by atoms with Crippen LogP contribution in [0.25, 0.3) is 0 Å². The zero-order valence-corrected chi connectivity index (χ0v) is 17.5. The van der Waals surface area contributed by atoms with Crippen molar-refractivity contribution in [1.29, 1.82) is 0 Å². The van der Waals surface area contributed by atoms with Gasteiger partial charge in [-0.15, -0.1) is 0 Å². The SMILES string of the molecule is O=C(NCC[NH+]1CCOCC1)c1cccn(Cc2c(Cl)cccc2Cl)c1=O.[Cl-]. The van der Waals surface area contributed by atoms with Crippen LogP contribution in [0.5, 0.6) is 0 Å². The van der Waals surface area contributed by atoms with Gasteiger partial charge in [-0.3, -0.25) is 9.59 Å². The summed E-state index contributed by atoms with van der Waals surface area (Å²) in [4.78, 5) is 26.5. The van der Waals surface area contributed by atoms with Crippen molar-refractivity contribution in [3.05, 3.63) is 68.1 Å². The van der Waals surface area contributed by atoms with Gasteiger partial charge < -0.3 is 31.9 Å². The summed E-state index contributed by atoms with van der Waals surface area (Å²) in [6.07, 6.45) is 1.62. The summed E-state index contributed by atoms with van der Waals surface area (Å²) in [7, 11) is 0. The van der Waals surface area contributed by atoms with Crippen LogP contribution >= 0.6 is 23.2 Å². The van der Waals surface area contributed by atoms with E-state index in [4.69, 9.17) is 27.9 Å². The molecule has 28 heavy (non-hydrogen) atoms. The van der Waals surface area contributed by atoms with Gasteiger partial charge in [0.25, 0.3) is 11.5 Å². The molecule has 1 saturated heterocycles. The number of amides is 1. The first kappa shape index (κ1) is 22.7. The van der Waals surface area contributed by atoms with Gasteiger partial charge in [0.15, 0.2) is 0 Å². The van der Waals surface area contributed by atoms with Crippen molar-refractivity contribution >= 4 is 29.1 Å². The van der Waals surface area contributed by atoms with Gasteiger partial charge in [-0.25, -0.2) is 0 Å². The number of carbonyl (C=O) groups is 1. The number of hydrogen-bond acceptors (Lipinski definition) is 3. The molecule has 1 aliphatic heterocycles. The summed E-state index contributed by atoms with van der Waals surface area (Å²) in [6.45, 7) is 4.90. The van der Waals surface area contributed by atoms with E-state index in [1.54, 1.807) is 30.5 Å². The molecule has 2 aromatic rings. The Balaban J connectivity index is 0.00000280. The van der Waals surface area contributed by atoms with Crippen molar-refractivity contribution in [2.24, 2.45) is 0 Å². The maximum Gasteiger partial charge on any atom is 0.263 e. The van der Waals surface area contributed by atoms with Crippen molar-refractivity contribution in [3.8, 4) is 0 Å². The minimum atomic E-state index is -0.371. The Bertz CT molecular complexity index is 847. The smallest absolute Gasteiger partial charge is 0.263 e. The lowest BCUT2D eigenvalue weighted by Gasteiger charge is -2.23. The van der Waals surface area contributed by atoms with Gasteiger partial charge in [0.2, 0.25) is 0 Å². The van der Waals surface area contributed by atoms with E-state index in [0.29, 0.717) is 22.2 Å². The highest BCUT2D eigenvalue weighted by atomic mass is 35.5. The average Bonchev–Trinajstić information content (AvgIpc) is 2.67. The number of carbonyl (C=O) groups excluding carboxylic acids is 1. The maximum atomic E-state index is 12.7. The van der Waals surface area contributed by atoms with Crippen LogP contribution in [-0.2, 0) is 11.3 Å². The number of hydrogen-bond donors (Lipinski definition) is 2. The van der Waals surface area contributed by atoms with Crippen molar-refractivity contribution in [2.45, 2.75) is 6.54 Å². The summed E-state index contributed by atoms with van der Waals surface area (Å²) < 4.78 is 6.76. The van der Waals surface area contributed by atoms with Crippen LogP contribution in [-0.4, -0.2) is 49.9 Å². The summed E-state index contributed by atoms with van der Waals surface area (Å²) in [5, 5.41) is 3.80. The number of nitrogens with zero attached hydrogens (tertiary/aromatic N) is 1. The number of halogens is 3. The van der Waals surface area contributed by atoms with Crippen LogP contribution in [0.15, 0.2) is 41.3 Å². The molecule has 1 aromatic heterocycles. The Morgan fingerprint density at radius 1 is 1.14 bits per heavy atom. The van der Waals surface area contributed by atoms with Crippen molar-refractivity contribution < 1.29 is 26.8 Å². The fourth-order valence-corrected chi connectivity index (χ4v) is 3.56. The van der Waals surface area contributed by atoms with E-state index in [2.05, 4.69) is 5.32 Å². The highest BCUT2D eigenvalue weighted by Crippen LogP contribution is 2.24. The molecule has 6 nitrogen and oxygen atoms in total. The van der Waals surface area contributed by atoms with Gasteiger partial charge in [-0.2, -0.15) is 0 Å². The monoisotopic (exact) mass is 445 g/mol. The number of nitrogens with one attached hydrogen (secondary N) is 2. The molecule has 0 saturated carbocycles. The molecule has 0 bridgehead atoms. The highest BCUT2D eigenvalue weighted by molar-refractivity contribution is 6.35. The fourth-order valence-electron chi connectivity index (χ4n) is 3.05. The summed E-state index contributed by atoms with van der Waals surface area (Å²) in [6, 6.07) is 8.40. The molecule has 1 fully saturated rings. The maximum absolute atomic E-state index is 12.7. The second-order valence-electron chi connectivity index (χ2n) is 6.42. The van der Waals surface area contributed by atoms with Crippen molar-refractivity contribution in [1.82, 2.24) is 9.88 Å². The zero-order chi connectivity index (χ0) is 19.2. The van der Waals surface area contributed by atoms with E-state index >= 15 is 0 Å². The van der Waals surface area contributed by atoms with E-state index in [1.165, 1.54) is 15.5 Å². The lowest BCUT2D eigenvalue weighted by atomic mass is 10.2. The second kappa shape index (κ2) is 10.8. The first-order valence-corrected chi connectivity index (χ1v) is 9.63. The standard InChI is InChI=1S/C19H21Cl2N3O3.ClH/c20-16-4-1-5-17(21)15(16)13-24-7-2-3-14(19(24)26)18(25)22-6-8-23-9-11-27-12-10-23;/h1-5,7H,6,8-13H2,(H,22,25);1H. The number of quaternary nitrogens is 1. The second-order valence-corrected chi connectivity index (χ2v) is 7.24. The first-order chi connectivity index (χ1) is 13.1. The number of benzene rings is 1. The topological polar surface area (TPSA) is 64.8 Å². The predicted octanol–water partition coefficient (Wildman–Crippen LogP) is -2.15. The lowest BCUT2D eigenvalue weighted by Crippen LogP contribution is -3.14. The lowest BCUT2D eigenvalue weighted by molar-refractivity contribution is -0.906. The summed E-state index contributed by atoms with van der Waals surface area (Å²) in [5.41, 5.74) is 0.388. The first-order valence-electron chi connectivity index (χ1n) is 8.88. The minimum absolute atomic E-state index is 0. The molecule has 2 heterocycles. The number of aromatic nitrogens is 1. The van der Waals surface area contributed by atoms with E-state index in [-0.39, 0.29) is 36.0 Å². The zero-order valence-electron chi connectivity index (χ0n) is 15.2. The van der Waals surface area contributed by atoms with E-state index in [1.807, 2.05) is 0 Å². The molecular weight excluding hydrogens is 425 g/mol. The number of pyridine rings is 1. The van der Waals surface area contributed by atoms with Crippen LogP contribution in [0.3, 0.4) is 0 Å².